The van der Waals surface area contributed by atoms with Gasteiger partial charge in [-0.1, -0.05) is 32.8 Å². The summed E-state index contributed by atoms with van der Waals surface area (Å²) < 4.78 is 4.55. The Morgan fingerprint density at radius 3 is 1.79 bits per heavy atom. The molecule has 0 N–H and O–H groups in total. The van der Waals surface area contributed by atoms with Gasteiger partial charge >= 0.3 is 37.1 Å². The van der Waals surface area contributed by atoms with Crippen LogP contribution < -0.4 is 0 Å². The Labute approximate surface area is 174 Å². The Kier molecular flexibility index (Phi) is 36.6. The van der Waals surface area contributed by atoms with Crippen LogP contribution in [0.4, 0.5) is 0 Å². The van der Waals surface area contributed by atoms with Crippen LogP contribution in [0.5, 0.6) is 0 Å². The molecule has 0 aliphatic heterocycles. The molecule has 0 aliphatic carbocycles. The Morgan fingerprint density at radius 2 is 1.50 bits per heavy atom. The Hall–Kier alpha value is -0.108. The maximum Gasteiger partial charge on any atom is 2.00 e. The minimum atomic E-state index is -0.272. The molecule has 0 unspecified atom stereocenters. The molecule has 0 fully saturated rings. The quantitative estimate of drug-likeness (QED) is 0.237. The van der Waals surface area contributed by atoms with Crippen molar-refractivity contribution in [1.29, 1.82) is 0 Å². The Morgan fingerprint density at radius 1 is 1.12 bits per heavy atom. The first-order chi connectivity index (χ1) is 10.9. The van der Waals surface area contributed by atoms with Gasteiger partial charge in [0.15, 0.2) is 0 Å². The number of carbonyl (C=O) groups is 1. The van der Waals surface area contributed by atoms with E-state index in [0.29, 0.717) is 0 Å². The Bertz CT molecular complexity index is 271. The zero-order chi connectivity index (χ0) is 18.5. The largest absolute Gasteiger partial charge is 2.00 e. The van der Waals surface area contributed by atoms with E-state index in [9.17, 15) is 4.79 Å². The number of hydrogen-bond acceptors (Lipinski definition) is 4. The second-order valence-corrected chi connectivity index (χ2v) is 5.64. The molecule has 0 heterocycles. The van der Waals surface area contributed by atoms with Crippen molar-refractivity contribution in [3.05, 3.63) is 18.1 Å². The summed E-state index contributed by atoms with van der Waals surface area (Å²) in [6.07, 6.45) is 9.75. The van der Waals surface area contributed by atoms with E-state index in [-0.39, 0.29) is 37.1 Å². The normalized spacial score (nSPS) is 9.54. The van der Waals surface area contributed by atoms with Crippen LogP contribution >= 0.6 is 0 Å². The van der Waals surface area contributed by atoms with Crippen LogP contribution in [0.2, 0.25) is 0 Å². The van der Waals surface area contributed by atoms with E-state index in [1.54, 1.807) is 0 Å². The fourth-order valence-electron chi connectivity index (χ4n) is 1.42. The predicted octanol–water partition coefficient (Wildman–Crippen LogP) is 4.35. The van der Waals surface area contributed by atoms with Crippen LogP contribution in [0.15, 0.2) is 12.2 Å². The van der Waals surface area contributed by atoms with Crippen LogP contribution in [0.25, 0.3) is 0 Å². The zero-order valence-corrected chi connectivity index (χ0v) is 20.9. The SMILES string of the molecule is CCCCN(C/C=C/C(=O)OC)CCCC.C[C-](C)C.C[C-]=O.[U+2]. The number of esters is 1. The maximum atomic E-state index is 10.9. The van der Waals surface area contributed by atoms with Crippen LogP contribution in [-0.2, 0) is 14.3 Å². The van der Waals surface area contributed by atoms with Gasteiger partial charge in [-0.25, -0.2) is 4.79 Å². The van der Waals surface area contributed by atoms with Gasteiger partial charge in [-0.15, -0.1) is 0 Å². The van der Waals surface area contributed by atoms with E-state index in [4.69, 9.17) is 4.79 Å². The molecular formula is C19H37NO3U. The molecule has 0 amide bonds. The van der Waals surface area contributed by atoms with Gasteiger partial charge in [-0.2, -0.15) is 27.7 Å². The molecule has 0 aliphatic rings. The van der Waals surface area contributed by atoms with Crippen molar-refractivity contribution in [2.24, 2.45) is 0 Å². The topological polar surface area (TPSA) is 46.6 Å². The fraction of sp³-hybridized carbons (Fsp3) is 0.737. The second kappa shape index (κ2) is 27.7. The van der Waals surface area contributed by atoms with Crippen LogP contribution in [0.1, 0.15) is 67.2 Å². The maximum absolute atomic E-state index is 10.9. The van der Waals surface area contributed by atoms with Crippen molar-refractivity contribution < 1.29 is 45.4 Å². The average molecular weight is 566 g/mol. The van der Waals surface area contributed by atoms with Crippen molar-refractivity contribution in [1.82, 2.24) is 4.90 Å². The van der Waals surface area contributed by atoms with Gasteiger partial charge in [0.25, 0.3) is 0 Å². The molecule has 5 heteroatoms. The van der Waals surface area contributed by atoms with Gasteiger partial charge in [0.05, 0.1) is 7.11 Å². The molecule has 0 bridgehead atoms. The molecule has 140 valence electrons. The molecule has 0 radical (unpaired) electrons. The summed E-state index contributed by atoms with van der Waals surface area (Å²) in [5, 5.41) is 0. The molecule has 4 nitrogen and oxygen atoms in total. The summed E-state index contributed by atoms with van der Waals surface area (Å²) in [4.78, 5) is 22.0. The van der Waals surface area contributed by atoms with Crippen molar-refractivity contribution in [3.63, 3.8) is 0 Å². The molecule has 24 heavy (non-hydrogen) atoms. The van der Waals surface area contributed by atoms with Crippen LogP contribution in [-0.4, -0.2) is 43.9 Å². The predicted molar refractivity (Wildman–Crippen MR) is 99.0 cm³/mol. The first-order valence-corrected chi connectivity index (χ1v) is 8.41. The number of carbonyl (C=O) groups excluding carboxylic acids is 2. The Balaban J connectivity index is -0.000000212. The standard InChI is InChI=1S/C13H25NO2.C4H9.C2H3O.U/c1-4-6-10-14(11-7-5-2)12-8-9-13(15)16-3;1-4(2)3;1-2-3;/h8-9H,4-7,10-12H2,1-3H3;1-3H3;1H3;/q;2*-1;+2/b9-8+;;;. The summed E-state index contributed by atoms with van der Waals surface area (Å²) in [6, 6.07) is 0. The van der Waals surface area contributed by atoms with Gasteiger partial charge in [0.2, 0.25) is 0 Å². The molecule has 0 saturated carbocycles. The summed E-state index contributed by atoms with van der Waals surface area (Å²) in [5.41, 5.74) is 0. The smallest absolute Gasteiger partial charge is 0.542 e. The summed E-state index contributed by atoms with van der Waals surface area (Å²) >= 11 is 0. The molecule has 0 atom stereocenters. The molecule has 0 aromatic rings. The van der Waals surface area contributed by atoms with E-state index in [1.165, 1.54) is 58.0 Å². The van der Waals surface area contributed by atoms with E-state index in [0.717, 1.165) is 19.6 Å². The molecule has 0 aromatic heterocycles. The van der Waals surface area contributed by atoms with E-state index in [2.05, 4.69) is 44.3 Å². The molecule has 0 saturated heterocycles. The number of rotatable bonds is 9. The van der Waals surface area contributed by atoms with Crippen LogP contribution in [0.3, 0.4) is 0 Å². The first-order valence-electron chi connectivity index (χ1n) is 8.41. The minimum absolute atomic E-state index is 0. The minimum Gasteiger partial charge on any atom is -0.542 e. The molecule has 0 aromatic carbocycles. The third-order valence-electron chi connectivity index (χ3n) is 2.47. The number of methoxy groups -OCH3 is 1. The van der Waals surface area contributed by atoms with Crippen molar-refractivity contribution >= 4 is 12.3 Å². The third kappa shape index (κ3) is 37.8. The van der Waals surface area contributed by atoms with Crippen molar-refractivity contribution in [2.45, 2.75) is 67.2 Å². The third-order valence-corrected chi connectivity index (χ3v) is 2.47. The summed E-state index contributed by atoms with van der Waals surface area (Å²) in [7, 11) is 1.40. The monoisotopic (exact) mass is 565 g/mol. The van der Waals surface area contributed by atoms with Gasteiger partial charge < -0.3 is 15.4 Å². The molecule has 0 rings (SSSR count). The molecule has 0 spiro atoms. The van der Waals surface area contributed by atoms with E-state index < -0.39 is 0 Å². The van der Waals surface area contributed by atoms with Gasteiger partial charge in [-0.05, 0) is 25.9 Å². The number of nitrogens with zero attached hydrogens (tertiary/aromatic N) is 1. The zero-order valence-electron chi connectivity index (χ0n) is 16.8. The number of ether oxygens (including phenoxy) is 1. The summed E-state index contributed by atoms with van der Waals surface area (Å²) in [6.45, 7) is 15.0. The van der Waals surface area contributed by atoms with Gasteiger partial charge in [0.1, 0.15) is 0 Å². The van der Waals surface area contributed by atoms with Crippen molar-refractivity contribution in [3.8, 4) is 0 Å². The van der Waals surface area contributed by atoms with Crippen LogP contribution in [0, 0.1) is 37.0 Å². The number of hydrogen-bond donors (Lipinski definition) is 0. The van der Waals surface area contributed by atoms with Crippen molar-refractivity contribution in [2.75, 3.05) is 26.7 Å². The average Bonchev–Trinajstić information content (AvgIpc) is 2.49. The molecular weight excluding hydrogens is 528 g/mol. The van der Waals surface area contributed by atoms with E-state index >= 15 is 0 Å². The van der Waals surface area contributed by atoms with Gasteiger partial charge in [-0.3, -0.25) is 11.2 Å². The second-order valence-electron chi connectivity index (χ2n) is 5.64. The number of unbranched alkanes of at least 4 members (excludes halogenated alkanes) is 2. The first kappa shape index (κ1) is 31.6. The van der Waals surface area contributed by atoms with Gasteiger partial charge in [0, 0.05) is 12.6 Å². The summed E-state index contributed by atoms with van der Waals surface area (Å²) in [5.74, 6) is 1.14. The van der Waals surface area contributed by atoms with E-state index in [1.807, 2.05) is 6.08 Å². The fourth-order valence-corrected chi connectivity index (χ4v) is 1.42.